The molecule has 0 fully saturated rings. The third-order valence-corrected chi connectivity index (χ3v) is 4.38. The molecule has 108 valence electrons. The van der Waals surface area contributed by atoms with Gasteiger partial charge in [0.05, 0.1) is 4.92 Å². The molecule has 0 aliphatic rings. The van der Waals surface area contributed by atoms with Gasteiger partial charge in [-0.3, -0.25) is 14.9 Å². The van der Waals surface area contributed by atoms with Gasteiger partial charge in [-0.1, -0.05) is 17.7 Å². The number of carbonyl (C=O) groups excluding carboxylic acids is 1. The number of carbonyl (C=O) groups is 1. The maximum Gasteiger partial charge on any atom is 0.269 e. The van der Waals surface area contributed by atoms with Gasteiger partial charge in [-0.05, 0) is 55.8 Å². The summed E-state index contributed by atoms with van der Waals surface area (Å²) in [7, 11) is 0. The molecule has 0 saturated heterocycles. The van der Waals surface area contributed by atoms with E-state index >= 15 is 0 Å². The lowest BCUT2D eigenvalue weighted by molar-refractivity contribution is -0.384. The highest BCUT2D eigenvalue weighted by Gasteiger charge is 2.14. The number of hydrogen-bond acceptors (Lipinski definition) is 4. The Labute approximate surface area is 127 Å². The molecule has 5 heteroatoms. The molecule has 21 heavy (non-hydrogen) atoms. The molecule has 0 aromatic heterocycles. The Morgan fingerprint density at radius 1 is 1.05 bits per heavy atom. The van der Waals surface area contributed by atoms with Gasteiger partial charge in [0.15, 0.2) is 0 Å². The molecule has 2 aromatic carbocycles. The van der Waals surface area contributed by atoms with Crippen molar-refractivity contribution in [2.24, 2.45) is 0 Å². The van der Waals surface area contributed by atoms with Gasteiger partial charge in [-0.2, -0.15) is 0 Å². The van der Waals surface area contributed by atoms with Crippen LogP contribution in [0, 0.1) is 30.9 Å². The Morgan fingerprint density at radius 3 is 2.05 bits per heavy atom. The molecule has 0 aliphatic carbocycles. The van der Waals surface area contributed by atoms with Gasteiger partial charge < -0.3 is 0 Å². The molecule has 0 radical (unpaired) electrons. The van der Waals surface area contributed by atoms with E-state index in [-0.39, 0.29) is 10.8 Å². The number of nitro benzene ring substituents is 1. The van der Waals surface area contributed by atoms with Gasteiger partial charge in [0, 0.05) is 22.6 Å². The number of nitro groups is 1. The Kier molecular flexibility index (Phi) is 4.43. The van der Waals surface area contributed by atoms with E-state index in [1.807, 2.05) is 32.9 Å². The van der Waals surface area contributed by atoms with Crippen LogP contribution in [0.2, 0.25) is 0 Å². The number of aryl methyl sites for hydroxylation is 3. The maximum atomic E-state index is 12.3. The van der Waals surface area contributed by atoms with Crippen molar-refractivity contribution < 1.29 is 9.72 Å². The molecule has 2 rings (SSSR count). The van der Waals surface area contributed by atoms with Crippen LogP contribution >= 0.6 is 11.8 Å². The largest absolute Gasteiger partial charge is 0.281 e. The van der Waals surface area contributed by atoms with E-state index in [1.54, 1.807) is 0 Å². The molecule has 0 amide bonds. The lowest BCUT2D eigenvalue weighted by Crippen LogP contribution is -1.97. The second-order valence-electron chi connectivity index (χ2n) is 4.92. The molecule has 0 saturated carbocycles. The van der Waals surface area contributed by atoms with Crippen LogP contribution in [0.25, 0.3) is 0 Å². The number of rotatable bonds is 3. The van der Waals surface area contributed by atoms with Crippen LogP contribution < -0.4 is 0 Å². The summed E-state index contributed by atoms with van der Waals surface area (Å²) in [5.74, 6) is 0. The number of nitrogens with zero attached hydrogens (tertiary/aromatic N) is 1. The van der Waals surface area contributed by atoms with Gasteiger partial charge in [-0.25, -0.2) is 0 Å². The smallest absolute Gasteiger partial charge is 0.269 e. The lowest BCUT2D eigenvalue weighted by atomic mass is 10.1. The summed E-state index contributed by atoms with van der Waals surface area (Å²) in [6.07, 6.45) is 0. The van der Waals surface area contributed by atoms with E-state index in [0.717, 1.165) is 33.3 Å². The van der Waals surface area contributed by atoms with E-state index in [2.05, 4.69) is 0 Å². The van der Waals surface area contributed by atoms with Crippen molar-refractivity contribution in [3.63, 3.8) is 0 Å². The highest BCUT2D eigenvalue weighted by Crippen LogP contribution is 2.30. The van der Waals surface area contributed by atoms with Crippen molar-refractivity contribution in [3.05, 3.63) is 68.8 Å². The zero-order valence-corrected chi connectivity index (χ0v) is 12.9. The molecule has 4 nitrogen and oxygen atoms in total. The third kappa shape index (κ3) is 3.49. The minimum Gasteiger partial charge on any atom is -0.281 e. The number of hydrogen-bond donors (Lipinski definition) is 0. The fourth-order valence-electron chi connectivity index (χ4n) is 2.20. The molecule has 0 bridgehead atoms. The highest BCUT2D eigenvalue weighted by molar-refractivity contribution is 8.14. The van der Waals surface area contributed by atoms with Crippen molar-refractivity contribution in [3.8, 4) is 0 Å². The van der Waals surface area contributed by atoms with Crippen molar-refractivity contribution in [2.75, 3.05) is 0 Å². The molecule has 0 heterocycles. The summed E-state index contributed by atoms with van der Waals surface area (Å²) < 4.78 is 0. The fourth-order valence-corrected chi connectivity index (χ4v) is 3.08. The fraction of sp³-hybridized carbons (Fsp3) is 0.188. The molecule has 2 aromatic rings. The van der Waals surface area contributed by atoms with Crippen molar-refractivity contribution in [1.29, 1.82) is 0 Å². The van der Waals surface area contributed by atoms with Crippen LogP contribution in [0.3, 0.4) is 0 Å². The average molecular weight is 301 g/mol. The Morgan fingerprint density at radius 2 is 1.57 bits per heavy atom. The molecular formula is C16H15NO3S. The Bertz CT molecular complexity index is 685. The van der Waals surface area contributed by atoms with Crippen LogP contribution in [0.1, 0.15) is 27.0 Å². The first-order chi connectivity index (χ1) is 9.88. The third-order valence-electron chi connectivity index (χ3n) is 3.11. The zero-order valence-electron chi connectivity index (χ0n) is 12.0. The molecule has 0 atom stereocenters. The van der Waals surface area contributed by atoms with Gasteiger partial charge >= 0.3 is 0 Å². The van der Waals surface area contributed by atoms with Crippen LogP contribution in [0.5, 0.6) is 0 Å². The lowest BCUT2D eigenvalue weighted by Gasteiger charge is -2.09. The summed E-state index contributed by atoms with van der Waals surface area (Å²) in [6.45, 7) is 5.98. The van der Waals surface area contributed by atoms with E-state index in [1.165, 1.54) is 24.3 Å². The maximum absolute atomic E-state index is 12.3. The van der Waals surface area contributed by atoms with E-state index in [0.29, 0.717) is 5.56 Å². The topological polar surface area (TPSA) is 60.2 Å². The number of thioether (sulfide) groups is 1. The Balaban J connectivity index is 2.24. The predicted octanol–water partition coefficient (Wildman–Crippen LogP) is 4.45. The SMILES string of the molecule is Cc1cc(C)c(SC(=O)c2ccc([N+](=O)[O-])cc2)c(C)c1. The summed E-state index contributed by atoms with van der Waals surface area (Å²) in [4.78, 5) is 23.4. The van der Waals surface area contributed by atoms with Gasteiger partial charge in [-0.15, -0.1) is 0 Å². The van der Waals surface area contributed by atoms with Crippen LogP contribution in [0.4, 0.5) is 5.69 Å². The second-order valence-corrected chi connectivity index (χ2v) is 5.90. The second kappa shape index (κ2) is 6.10. The minimum atomic E-state index is -0.477. The monoisotopic (exact) mass is 301 g/mol. The van der Waals surface area contributed by atoms with Crippen molar-refractivity contribution in [1.82, 2.24) is 0 Å². The predicted molar refractivity (Wildman–Crippen MR) is 83.9 cm³/mol. The first-order valence-electron chi connectivity index (χ1n) is 6.43. The average Bonchev–Trinajstić information content (AvgIpc) is 2.42. The zero-order chi connectivity index (χ0) is 15.6. The van der Waals surface area contributed by atoms with Gasteiger partial charge in [0.25, 0.3) is 5.69 Å². The summed E-state index contributed by atoms with van der Waals surface area (Å²) in [5, 5.41) is 10.5. The standard InChI is InChI=1S/C16H15NO3S/c1-10-8-11(2)15(12(3)9-10)21-16(18)13-4-6-14(7-5-13)17(19)20/h4-9H,1-3H3. The quantitative estimate of drug-likeness (QED) is 0.477. The van der Waals surface area contributed by atoms with Gasteiger partial charge in [0.2, 0.25) is 5.12 Å². The van der Waals surface area contributed by atoms with Crippen LogP contribution in [-0.4, -0.2) is 10.0 Å². The van der Waals surface area contributed by atoms with Crippen molar-refractivity contribution >= 4 is 22.6 Å². The summed E-state index contributed by atoms with van der Waals surface area (Å²) in [6, 6.07) is 9.76. The van der Waals surface area contributed by atoms with Crippen LogP contribution in [0.15, 0.2) is 41.3 Å². The Hall–Kier alpha value is -2.14. The van der Waals surface area contributed by atoms with Crippen molar-refractivity contribution in [2.45, 2.75) is 25.7 Å². The van der Waals surface area contributed by atoms with E-state index in [9.17, 15) is 14.9 Å². The molecule has 0 unspecified atom stereocenters. The van der Waals surface area contributed by atoms with Gasteiger partial charge in [0.1, 0.15) is 0 Å². The molecular weight excluding hydrogens is 286 g/mol. The first-order valence-corrected chi connectivity index (χ1v) is 7.24. The van der Waals surface area contributed by atoms with Crippen LogP contribution in [-0.2, 0) is 0 Å². The summed E-state index contributed by atoms with van der Waals surface area (Å²) in [5.41, 5.74) is 3.74. The number of benzene rings is 2. The molecule has 0 aliphatic heterocycles. The normalized spacial score (nSPS) is 10.4. The molecule has 0 spiro atoms. The summed E-state index contributed by atoms with van der Waals surface area (Å²) >= 11 is 1.16. The highest BCUT2D eigenvalue weighted by atomic mass is 32.2. The van der Waals surface area contributed by atoms with E-state index < -0.39 is 4.92 Å². The molecule has 0 N–H and O–H groups in total. The first kappa shape index (κ1) is 15.3. The van der Waals surface area contributed by atoms with E-state index in [4.69, 9.17) is 0 Å². The minimum absolute atomic E-state index is 0.0146. The number of non-ortho nitro benzene ring substituents is 1.